The van der Waals surface area contributed by atoms with E-state index in [1.165, 1.54) is 0 Å². The molecule has 0 saturated heterocycles. The number of hydrogen-bond acceptors (Lipinski definition) is 7. The van der Waals surface area contributed by atoms with Crippen molar-refractivity contribution in [2.75, 3.05) is 0 Å². The van der Waals surface area contributed by atoms with Gasteiger partial charge in [-0.2, -0.15) is 0 Å². The molecule has 56 valence electrons. The summed E-state index contributed by atoms with van der Waals surface area (Å²) in [6.45, 7) is 0. The maximum Gasteiger partial charge on any atom is 1.00 e. The van der Waals surface area contributed by atoms with E-state index in [0.29, 0.717) is 0 Å². The summed E-state index contributed by atoms with van der Waals surface area (Å²) < 4.78 is 0. The van der Waals surface area contributed by atoms with Crippen LogP contribution in [-0.2, 0) is 0 Å². The minimum Gasteiger partial charge on any atom is -0.894 e. The van der Waals surface area contributed by atoms with Crippen LogP contribution in [0.2, 0.25) is 0 Å². The molecule has 0 spiro atoms. The summed E-state index contributed by atoms with van der Waals surface area (Å²) in [5.41, 5.74) is 0. The minimum absolute atomic E-state index is 0. The molecule has 0 aromatic heterocycles. The standard InChI is InChI=1S/CH2O3.6Li.O4Si/c2-1(3)4;;;;;;;1-5(2,3)4/h(H2,2,3,4);;;;;;;/q;6*+1;-4/p-2. The Labute approximate surface area is 160 Å². The second kappa shape index (κ2) is 30.2. The van der Waals surface area contributed by atoms with Crippen LogP contribution in [0, 0.1) is 0 Å². The number of carboxylic acid groups (broad SMARTS) is 2. The molecule has 0 aromatic rings. The fraction of sp³-hybridized carbons (Fsp3) is 0. The summed E-state index contributed by atoms with van der Waals surface area (Å²) in [5, 5.41) is 16.7. The minimum atomic E-state index is -5.61. The predicted molar refractivity (Wildman–Crippen MR) is 11.1 cm³/mol. The van der Waals surface area contributed by atoms with Gasteiger partial charge in [-0.15, -0.1) is 0 Å². The van der Waals surface area contributed by atoms with Crippen LogP contribution in [0.15, 0.2) is 0 Å². The van der Waals surface area contributed by atoms with E-state index in [4.69, 9.17) is 34.2 Å². The Bertz CT molecular complexity index is 86.0. The maximum atomic E-state index is 8.58. The molecule has 0 aliphatic heterocycles. The van der Waals surface area contributed by atoms with Crippen LogP contribution in [0.1, 0.15) is 0 Å². The number of rotatable bonds is 0. The van der Waals surface area contributed by atoms with Crippen molar-refractivity contribution >= 4 is 15.2 Å². The Kier molecular flexibility index (Phi) is 105. The van der Waals surface area contributed by atoms with Gasteiger partial charge in [0.05, 0.1) is 0 Å². The van der Waals surface area contributed by atoms with E-state index in [-0.39, 0.29) is 113 Å². The van der Waals surface area contributed by atoms with Crippen LogP contribution in [0.25, 0.3) is 0 Å². The van der Waals surface area contributed by atoms with Gasteiger partial charge >= 0.3 is 113 Å². The molecule has 7 nitrogen and oxygen atoms in total. The summed E-state index contributed by atoms with van der Waals surface area (Å²) in [4.78, 5) is 42.6. The molecule has 0 N–H and O–H groups in total. The Morgan fingerprint density at radius 1 is 0.667 bits per heavy atom. The van der Waals surface area contributed by atoms with Crippen LogP contribution in [-0.4, -0.2) is 15.2 Å². The fourth-order valence-corrected chi connectivity index (χ4v) is 0. The Morgan fingerprint density at radius 2 is 0.667 bits per heavy atom. The van der Waals surface area contributed by atoms with Crippen molar-refractivity contribution in [3.8, 4) is 0 Å². The fourth-order valence-electron chi connectivity index (χ4n) is 0. The van der Waals surface area contributed by atoms with Crippen molar-refractivity contribution < 1.29 is 147 Å². The average Bonchev–Trinajstić information content (AvgIpc) is 1.19. The van der Waals surface area contributed by atoms with E-state index in [1.807, 2.05) is 0 Å². The Balaban J connectivity index is -0.00000000785. The third kappa shape index (κ3) is 444. The van der Waals surface area contributed by atoms with Gasteiger partial charge in [0.15, 0.2) is 0 Å². The molecule has 0 aliphatic rings. The van der Waals surface area contributed by atoms with Crippen molar-refractivity contribution in [3.05, 3.63) is 0 Å². The Morgan fingerprint density at radius 3 is 0.667 bits per heavy atom. The van der Waals surface area contributed by atoms with Gasteiger partial charge < -0.3 is 43.2 Å². The summed E-state index contributed by atoms with van der Waals surface area (Å²) in [7, 11) is -5.61. The molecule has 0 heterocycles. The summed E-state index contributed by atoms with van der Waals surface area (Å²) in [6, 6.07) is 0. The van der Waals surface area contributed by atoms with Gasteiger partial charge in [0, 0.05) is 0 Å². The van der Waals surface area contributed by atoms with E-state index < -0.39 is 15.2 Å². The predicted octanol–water partition coefficient (Wildman–Crippen LogP) is -25.6. The van der Waals surface area contributed by atoms with Gasteiger partial charge in [0.1, 0.15) is 0 Å². The summed E-state index contributed by atoms with van der Waals surface area (Å²) in [5.74, 6) is 0. The van der Waals surface area contributed by atoms with Crippen molar-refractivity contribution in [2.24, 2.45) is 0 Å². The van der Waals surface area contributed by atoms with Crippen LogP contribution >= 0.6 is 0 Å². The van der Waals surface area contributed by atoms with Crippen LogP contribution < -0.4 is 143 Å². The molecule has 0 fully saturated rings. The molecule has 0 amide bonds. The topological polar surface area (TPSA) is 155 Å². The van der Waals surface area contributed by atoms with Gasteiger partial charge in [-0.05, 0) is 6.16 Å². The molecule has 0 aliphatic carbocycles. The van der Waals surface area contributed by atoms with E-state index in [2.05, 4.69) is 0 Å². The SMILES string of the molecule is O=C([O-])[O-].[Li+].[Li+].[Li+].[Li+].[Li+].[Li+].[O-][Si]([O-])([O-])[O-]. The van der Waals surface area contributed by atoms with Gasteiger partial charge in [-0.3, -0.25) is 0 Å². The summed E-state index contributed by atoms with van der Waals surface area (Å²) in [6.07, 6.45) is -2.33. The van der Waals surface area contributed by atoms with E-state index >= 15 is 0 Å². The van der Waals surface area contributed by atoms with E-state index in [0.717, 1.165) is 0 Å². The molecule has 0 saturated carbocycles. The monoisotopic (exact) mass is 194 g/mol. The molecule has 0 radical (unpaired) electrons. The van der Waals surface area contributed by atoms with Gasteiger partial charge in [-0.25, -0.2) is 0 Å². The van der Waals surface area contributed by atoms with Crippen molar-refractivity contribution in [3.63, 3.8) is 0 Å². The normalized spacial score (nSPS) is 5.60. The molecular weight excluding hydrogens is 194 g/mol. The largest absolute Gasteiger partial charge is 1.00 e. The second-order valence-corrected chi connectivity index (χ2v) is 1.75. The zero-order valence-electron chi connectivity index (χ0n) is 9.86. The molecule has 0 unspecified atom stereocenters. The second-order valence-electron chi connectivity index (χ2n) is 0.750. The first-order valence-electron chi connectivity index (χ1n) is 1.43. The maximum absolute atomic E-state index is 8.58. The molecule has 15 heavy (non-hydrogen) atoms. The Hall–Kier alpha value is 2.91. The average molecular weight is 194 g/mol. The first-order valence-corrected chi connectivity index (χ1v) is 3.06. The molecule has 0 atom stereocenters. The van der Waals surface area contributed by atoms with Crippen molar-refractivity contribution in [1.82, 2.24) is 0 Å². The van der Waals surface area contributed by atoms with E-state index in [1.54, 1.807) is 0 Å². The number of carbonyl (C=O) groups is 1. The molecule has 0 rings (SSSR count). The van der Waals surface area contributed by atoms with Crippen molar-refractivity contribution in [2.45, 2.75) is 0 Å². The quantitative estimate of drug-likeness (QED) is 0.346. The van der Waals surface area contributed by atoms with Crippen LogP contribution in [0.4, 0.5) is 4.79 Å². The molecular formula is CLi6O7Si. The first-order chi connectivity index (χ1) is 3.73. The van der Waals surface area contributed by atoms with Crippen LogP contribution in [0.5, 0.6) is 0 Å². The number of hydrogen-bond donors (Lipinski definition) is 0. The third-order valence-corrected chi connectivity index (χ3v) is 0. The zero-order chi connectivity index (χ0) is 8.08. The van der Waals surface area contributed by atoms with Gasteiger partial charge in [-0.1, -0.05) is 0 Å². The van der Waals surface area contributed by atoms with Gasteiger partial charge in [0.2, 0.25) is 0 Å². The zero-order valence-corrected chi connectivity index (χ0v) is 10.9. The smallest absolute Gasteiger partial charge is 0.894 e. The van der Waals surface area contributed by atoms with Crippen LogP contribution in [0.3, 0.4) is 0 Å². The first kappa shape index (κ1) is 52.1. The van der Waals surface area contributed by atoms with Gasteiger partial charge in [0.25, 0.3) is 0 Å². The third-order valence-electron chi connectivity index (χ3n) is 0. The molecule has 0 bridgehead atoms. The van der Waals surface area contributed by atoms with Crippen molar-refractivity contribution in [1.29, 1.82) is 0 Å². The summed E-state index contributed by atoms with van der Waals surface area (Å²) >= 11 is 0. The van der Waals surface area contributed by atoms with E-state index in [9.17, 15) is 0 Å². The molecule has 0 aromatic carbocycles. The number of carbonyl (C=O) groups excluding carboxylic acids is 1. The molecule has 14 heteroatoms.